The van der Waals surface area contributed by atoms with Crippen LogP contribution in [0.2, 0.25) is 0 Å². The van der Waals surface area contributed by atoms with E-state index in [-0.39, 0.29) is 0 Å². The Hall–Kier alpha value is -7.74. The summed E-state index contributed by atoms with van der Waals surface area (Å²) in [6.07, 6.45) is 0. The predicted molar refractivity (Wildman–Crippen MR) is 253 cm³/mol. The van der Waals surface area contributed by atoms with Gasteiger partial charge in [-0.2, -0.15) is 0 Å². The molecule has 1 nitrogen and oxygen atoms in total. The van der Waals surface area contributed by atoms with Crippen LogP contribution in [-0.4, -0.2) is 0 Å². The van der Waals surface area contributed by atoms with Crippen LogP contribution in [-0.2, 0) is 0 Å². The quantitative estimate of drug-likeness (QED) is 0.147. The third-order valence-corrected chi connectivity index (χ3v) is 11.8. The van der Waals surface area contributed by atoms with Gasteiger partial charge >= 0.3 is 0 Å². The predicted octanol–water partition coefficient (Wildman–Crippen LogP) is 16.4. The highest BCUT2D eigenvalue weighted by atomic mass is 15.1. The van der Waals surface area contributed by atoms with Gasteiger partial charge in [0.2, 0.25) is 0 Å². The molecule has 1 heteroatoms. The van der Waals surface area contributed by atoms with E-state index in [1.54, 1.807) is 0 Å². The van der Waals surface area contributed by atoms with Gasteiger partial charge in [0, 0.05) is 16.8 Å². The molecule has 0 N–H and O–H groups in total. The van der Waals surface area contributed by atoms with Gasteiger partial charge in [-0.15, -0.1) is 0 Å². The van der Waals surface area contributed by atoms with Crippen LogP contribution in [0.25, 0.3) is 87.6 Å². The molecular weight excluding hydrogens is 711 g/mol. The lowest BCUT2D eigenvalue weighted by Crippen LogP contribution is -2.10. The SMILES string of the molecule is c1ccc(-c2cccc(N(c3ccc4c(c3)c3ccccc3c3c(-c5ccccc5)cc(-c5ccccc5)c(-c5ccccc5)c43)c3cccc4ccccc34)c2)cc1. The molecule has 11 aromatic rings. The number of hydrogen-bond donors (Lipinski definition) is 0. The molecule has 0 aliphatic heterocycles. The minimum absolute atomic E-state index is 1.10. The third kappa shape index (κ3) is 6.04. The van der Waals surface area contributed by atoms with Crippen molar-refractivity contribution in [3.05, 3.63) is 237 Å². The van der Waals surface area contributed by atoms with E-state index in [9.17, 15) is 0 Å². The van der Waals surface area contributed by atoms with Gasteiger partial charge in [-0.3, -0.25) is 0 Å². The number of benzene rings is 11. The molecule has 276 valence electrons. The van der Waals surface area contributed by atoms with Gasteiger partial charge in [-0.05, 0) is 119 Å². The van der Waals surface area contributed by atoms with Crippen molar-refractivity contribution in [1.82, 2.24) is 0 Å². The number of rotatable bonds is 7. The van der Waals surface area contributed by atoms with Gasteiger partial charge in [0.1, 0.15) is 0 Å². The first-order chi connectivity index (χ1) is 29.3. The molecule has 11 aromatic carbocycles. The van der Waals surface area contributed by atoms with Crippen LogP contribution >= 0.6 is 0 Å². The molecule has 0 heterocycles. The minimum Gasteiger partial charge on any atom is -0.310 e. The molecule has 0 radical (unpaired) electrons. The summed E-state index contributed by atoms with van der Waals surface area (Å²) in [7, 11) is 0. The van der Waals surface area contributed by atoms with E-state index in [1.165, 1.54) is 87.6 Å². The van der Waals surface area contributed by atoms with Crippen molar-refractivity contribution in [2.45, 2.75) is 0 Å². The summed E-state index contributed by atoms with van der Waals surface area (Å²) in [5.41, 5.74) is 13.0. The van der Waals surface area contributed by atoms with Crippen molar-refractivity contribution in [3.63, 3.8) is 0 Å². The lowest BCUT2D eigenvalue weighted by molar-refractivity contribution is 1.30. The Morgan fingerprint density at radius 1 is 0.254 bits per heavy atom. The maximum atomic E-state index is 2.45. The highest BCUT2D eigenvalue weighted by Gasteiger charge is 2.23. The summed E-state index contributed by atoms with van der Waals surface area (Å²) in [6, 6.07) is 86.3. The lowest BCUT2D eigenvalue weighted by atomic mass is 9.81. The Balaban J connectivity index is 1.27. The van der Waals surface area contributed by atoms with Gasteiger partial charge in [0.25, 0.3) is 0 Å². The topological polar surface area (TPSA) is 3.24 Å². The maximum Gasteiger partial charge on any atom is 0.0540 e. The summed E-state index contributed by atoms with van der Waals surface area (Å²) in [4.78, 5) is 2.45. The smallest absolute Gasteiger partial charge is 0.0540 e. The van der Waals surface area contributed by atoms with E-state index in [1.807, 2.05) is 0 Å². The fourth-order valence-electron chi connectivity index (χ4n) is 9.16. The van der Waals surface area contributed by atoms with Gasteiger partial charge in [-0.25, -0.2) is 0 Å². The second kappa shape index (κ2) is 14.6. The molecule has 0 unspecified atom stereocenters. The van der Waals surface area contributed by atoms with Crippen LogP contribution in [0.3, 0.4) is 0 Å². The Labute approximate surface area is 344 Å². The van der Waals surface area contributed by atoms with Crippen LogP contribution in [0.1, 0.15) is 0 Å². The van der Waals surface area contributed by atoms with Crippen molar-refractivity contribution < 1.29 is 0 Å². The van der Waals surface area contributed by atoms with Crippen molar-refractivity contribution in [2.24, 2.45) is 0 Å². The van der Waals surface area contributed by atoms with Crippen LogP contribution in [0.4, 0.5) is 17.1 Å². The third-order valence-electron chi connectivity index (χ3n) is 11.8. The van der Waals surface area contributed by atoms with Gasteiger partial charge < -0.3 is 4.90 Å². The van der Waals surface area contributed by atoms with Gasteiger partial charge in [0.05, 0.1) is 5.69 Å². The molecule has 59 heavy (non-hydrogen) atoms. The zero-order chi connectivity index (χ0) is 39.1. The van der Waals surface area contributed by atoms with Crippen LogP contribution in [0, 0.1) is 0 Å². The van der Waals surface area contributed by atoms with E-state index in [2.05, 4.69) is 241 Å². The standard InChI is InChI=1S/C58H39N/c1-5-19-40(20-6-1)45-29-17-30-46(37-45)59(55-34-18-28-41-25-13-14-31-48(41)55)47-35-36-51-54(38-47)49-32-15-16-33-50(49)57-53(43-23-9-3-10-24-43)39-52(42-21-7-2-8-22-42)56(58(51)57)44-26-11-4-12-27-44/h1-39H. The van der Waals surface area contributed by atoms with Crippen molar-refractivity contribution in [1.29, 1.82) is 0 Å². The largest absolute Gasteiger partial charge is 0.310 e. The van der Waals surface area contributed by atoms with E-state index in [4.69, 9.17) is 0 Å². The zero-order valence-corrected chi connectivity index (χ0v) is 32.5. The first-order valence-electron chi connectivity index (χ1n) is 20.3. The van der Waals surface area contributed by atoms with Gasteiger partial charge in [0.15, 0.2) is 0 Å². The molecule has 0 fully saturated rings. The first kappa shape index (κ1) is 34.5. The molecule has 0 bridgehead atoms. The van der Waals surface area contributed by atoms with Crippen molar-refractivity contribution in [3.8, 4) is 44.5 Å². The molecule has 0 atom stereocenters. The lowest BCUT2D eigenvalue weighted by Gasteiger charge is -2.28. The number of hydrogen-bond acceptors (Lipinski definition) is 1. The number of anilines is 3. The average Bonchev–Trinajstić information content (AvgIpc) is 3.32. The van der Waals surface area contributed by atoms with Crippen LogP contribution in [0.15, 0.2) is 237 Å². The molecular formula is C58H39N. The molecule has 0 saturated carbocycles. The van der Waals surface area contributed by atoms with Crippen LogP contribution in [0.5, 0.6) is 0 Å². The molecule has 0 amide bonds. The van der Waals surface area contributed by atoms with E-state index < -0.39 is 0 Å². The summed E-state index contributed by atoms with van der Waals surface area (Å²) in [6.45, 7) is 0. The molecule has 0 aliphatic carbocycles. The molecule has 0 aromatic heterocycles. The van der Waals surface area contributed by atoms with E-state index in [0.29, 0.717) is 0 Å². The Morgan fingerprint density at radius 2 is 0.763 bits per heavy atom. The van der Waals surface area contributed by atoms with Crippen molar-refractivity contribution >= 4 is 60.2 Å². The summed E-state index contributed by atoms with van der Waals surface area (Å²) < 4.78 is 0. The monoisotopic (exact) mass is 749 g/mol. The van der Waals surface area contributed by atoms with E-state index >= 15 is 0 Å². The number of nitrogens with zero attached hydrogens (tertiary/aromatic N) is 1. The fourth-order valence-corrected chi connectivity index (χ4v) is 9.16. The maximum absolute atomic E-state index is 2.45. The first-order valence-corrected chi connectivity index (χ1v) is 20.3. The second-order valence-electron chi connectivity index (χ2n) is 15.2. The molecule has 11 rings (SSSR count). The zero-order valence-electron chi connectivity index (χ0n) is 32.5. The number of fused-ring (bicyclic) bond motifs is 7. The molecule has 0 spiro atoms. The fraction of sp³-hybridized carbons (Fsp3) is 0. The molecule has 0 saturated heterocycles. The summed E-state index contributed by atoms with van der Waals surface area (Å²) >= 11 is 0. The molecule has 0 aliphatic rings. The highest BCUT2D eigenvalue weighted by Crippen LogP contribution is 2.50. The summed E-state index contributed by atoms with van der Waals surface area (Å²) in [5, 5.41) is 9.87. The van der Waals surface area contributed by atoms with Gasteiger partial charge in [-0.1, -0.05) is 200 Å². The average molecular weight is 750 g/mol. The normalized spacial score (nSPS) is 11.4. The Kier molecular flexibility index (Phi) is 8.56. The van der Waals surface area contributed by atoms with Crippen LogP contribution < -0.4 is 4.90 Å². The second-order valence-corrected chi connectivity index (χ2v) is 15.2. The van der Waals surface area contributed by atoms with Crippen molar-refractivity contribution in [2.75, 3.05) is 4.90 Å². The Morgan fingerprint density at radius 3 is 1.47 bits per heavy atom. The summed E-state index contributed by atoms with van der Waals surface area (Å²) in [5.74, 6) is 0. The highest BCUT2D eigenvalue weighted by molar-refractivity contribution is 6.33. The minimum atomic E-state index is 1.10. The van der Waals surface area contributed by atoms with E-state index in [0.717, 1.165) is 17.1 Å². The Bertz CT molecular complexity index is 3290.